The van der Waals surface area contributed by atoms with Crippen LogP contribution in [0.4, 0.5) is 0 Å². The number of allylic oxidation sites excluding steroid dienone is 4. The minimum atomic E-state index is 0.0991. The number of hydrogen-bond donors (Lipinski definition) is 0. The van der Waals surface area contributed by atoms with Crippen LogP contribution in [0.15, 0.2) is 60.7 Å². The first-order valence-corrected chi connectivity index (χ1v) is 18.8. The zero-order chi connectivity index (χ0) is 23.8. The van der Waals surface area contributed by atoms with Gasteiger partial charge in [-0.3, -0.25) is 6.08 Å². The van der Waals surface area contributed by atoms with E-state index in [9.17, 15) is 0 Å². The van der Waals surface area contributed by atoms with Crippen molar-refractivity contribution in [3.63, 3.8) is 0 Å². The Balaban J connectivity index is 0.000000134. The number of fused-ring (bicyclic) bond motifs is 3. The van der Waals surface area contributed by atoms with Gasteiger partial charge in [-0.15, -0.1) is 46.2 Å². The molecule has 0 bridgehead atoms. The van der Waals surface area contributed by atoms with Crippen LogP contribution in [0.3, 0.4) is 0 Å². The molecule has 0 amide bonds. The van der Waals surface area contributed by atoms with Crippen molar-refractivity contribution in [3.05, 3.63) is 77.9 Å². The van der Waals surface area contributed by atoms with Gasteiger partial charge in [0.15, 0.2) is 0 Å². The first-order valence-electron chi connectivity index (χ1n) is 13.5. The molecular weight excluding hydrogens is 504 g/mol. The number of rotatable bonds is 2. The van der Waals surface area contributed by atoms with E-state index in [2.05, 4.69) is 68.5 Å². The molecule has 0 heterocycles. The van der Waals surface area contributed by atoms with Gasteiger partial charge in [-0.05, 0) is 13.8 Å². The fraction of sp³-hybridized carbons (Fsp3) is 0.469. The standard InChI is InChI=1S/C15H13.C12H22Si.C5H5.Zr/c1-10-3-5-14-12(7-10)9-13-8-11(2)4-6-15(13)14;1-3-7-11(8-4-1)13-12-9-5-2-6-10-12;1-2-4-5-3-1;/h3-9H,1-2H3;11-12H,1-10H2;1-3H,4H2;/q-1;;-1;+2. The minimum absolute atomic E-state index is 0.0991. The Morgan fingerprint density at radius 1 is 0.765 bits per heavy atom. The van der Waals surface area contributed by atoms with Crippen molar-refractivity contribution in [1.29, 1.82) is 0 Å². The van der Waals surface area contributed by atoms with Gasteiger partial charge >= 0.3 is 104 Å². The van der Waals surface area contributed by atoms with Gasteiger partial charge in [0.2, 0.25) is 0 Å². The molecule has 2 saturated carbocycles. The Hall–Kier alpha value is -1.11. The zero-order valence-corrected chi connectivity index (χ0v) is 24.7. The zero-order valence-electron chi connectivity index (χ0n) is 21.2. The van der Waals surface area contributed by atoms with Crippen molar-refractivity contribution in [2.75, 3.05) is 0 Å². The van der Waals surface area contributed by atoms with Crippen molar-refractivity contribution >= 4 is 27.0 Å². The fourth-order valence-corrected chi connectivity index (χ4v) is 12.7. The maximum absolute atomic E-state index is 2.99. The summed E-state index contributed by atoms with van der Waals surface area (Å²) < 4.78 is 0. The molecule has 0 spiro atoms. The summed E-state index contributed by atoms with van der Waals surface area (Å²) in [7, 11) is 0. The van der Waals surface area contributed by atoms with Crippen molar-refractivity contribution in [2.24, 2.45) is 0 Å². The summed E-state index contributed by atoms with van der Waals surface area (Å²) in [5.41, 5.74) is 5.22. The van der Waals surface area contributed by atoms with Crippen molar-refractivity contribution in [3.8, 4) is 0 Å². The van der Waals surface area contributed by atoms with Gasteiger partial charge in [-0.25, -0.2) is 12.2 Å². The molecule has 3 aliphatic rings. The molecule has 0 aromatic heterocycles. The van der Waals surface area contributed by atoms with Gasteiger partial charge in [0.05, 0.1) is 0 Å². The molecule has 0 nitrogen and oxygen atoms in total. The third-order valence-corrected chi connectivity index (χ3v) is 16.6. The quantitative estimate of drug-likeness (QED) is 0.223. The van der Waals surface area contributed by atoms with Crippen molar-refractivity contribution in [1.82, 2.24) is 0 Å². The fourth-order valence-electron chi connectivity index (χ4n) is 5.76. The summed E-state index contributed by atoms with van der Waals surface area (Å²) >= 11 is 1.95. The molecule has 3 aromatic rings. The molecule has 0 N–H and O–H groups in total. The summed E-state index contributed by atoms with van der Waals surface area (Å²) in [4.78, 5) is 0. The molecule has 34 heavy (non-hydrogen) atoms. The molecule has 0 aliphatic heterocycles. The van der Waals surface area contributed by atoms with Crippen LogP contribution in [0.5, 0.6) is 0 Å². The number of hydrogen-bond acceptors (Lipinski definition) is 0. The van der Waals surface area contributed by atoms with Crippen LogP contribution in [-0.2, 0) is 23.3 Å². The molecule has 6 rings (SSSR count). The van der Waals surface area contributed by atoms with Gasteiger partial charge in [-0.1, -0.05) is 35.4 Å². The first kappa shape index (κ1) is 26.0. The van der Waals surface area contributed by atoms with Crippen molar-refractivity contribution in [2.45, 2.75) is 95.6 Å². The second-order valence-electron chi connectivity index (χ2n) is 10.5. The average molecular weight is 544 g/mol. The van der Waals surface area contributed by atoms with E-state index in [-0.39, 0.29) is 5.43 Å². The normalized spacial score (nSPS) is 18.5. The van der Waals surface area contributed by atoms with E-state index in [1.54, 1.807) is 51.4 Å². The molecule has 3 aromatic carbocycles. The molecule has 0 radical (unpaired) electrons. The monoisotopic (exact) mass is 542 g/mol. The van der Waals surface area contributed by atoms with Crippen LogP contribution < -0.4 is 0 Å². The van der Waals surface area contributed by atoms with Crippen LogP contribution >= 0.6 is 0 Å². The Bertz CT molecular complexity index is 1050. The van der Waals surface area contributed by atoms with E-state index in [0.29, 0.717) is 0 Å². The van der Waals surface area contributed by atoms with Gasteiger partial charge in [0.25, 0.3) is 0 Å². The van der Waals surface area contributed by atoms with Gasteiger partial charge in [-0.2, -0.15) is 6.08 Å². The van der Waals surface area contributed by atoms with Crippen molar-refractivity contribution < 1.29 is 23.3 Å². The molecule has 0 unspecified atom stereocenters. The topological polar surface area (TPSA) is 0 Å². The van der Waals surface area contributed by atoms with E-state index in [1.807, 2.05) is 35.5 Å². The molecule has 0 saturated heterocycles. The number of benzene rings is 2. The summed E-state index contributed by atoms with van der Waals surface area (Å²) in [6.45, 7) is 4.28. The SMILES string of the molecule is Cc1ccc2c(c1)[cH-]c1cc(C)ccc12.[C-]1=CC=CC1.[Zr+2]=[Si](C1CCCCC1)C1CCCCC1. The van der Waals surface area contributed by atoms with E-state index >= 15 is 0 Å². The Morgan fingerprint density at radius 2 is 1.26 bits per heavy atom. The average Bonchev–Trinajstić information content (AvgIpc) is 3.56. The van der Waals surface area contributed by atoms with Gasteiger partial charge < -0.3 is 0 Å². The number of aryl methyl sites for hydroxylation is 2. The first-order chi connectivity index (χ1) is 16.6. The molecule has 3 aliphatic carbocycles. The predicted molar refractivity (Wildman–Crippen MR) is 148 cm³/mol. The summed E-state index contributed by atoms with van der Waals surface area (Å²) in [6.07, 6.45) is 25.7. The Kier molecular flexibility index (Phi) is 10.1. The van der Waals surface area contributed by atoms with E-state index < -0.39 is 0 Å². The van der Waals surface area contributed by atoms with E-state index in [4.69, 9.17) is 0 Å². The summed E-state index contributed by atoms with van der Waals surface area (Å²) in [6, 6.07) is 15.6. The van der Waals surface area contributed by atoms with Crippen LogP contribution in [0.1, 0.15) is 81.8 Å². The molecule has 176 valence electrons. The summed E-state index contributed by atoms with van der Waals surface area (Å²) in [5, 5.41) is 5.46. The van der Waals surface area contributed by atoms with Crippen LogP contribution in [0.2, 0.25) is 11.1 Å². The molecule has 0 atom stereocenters. The van der Waals surface area contributed by atoms with Gasteiger partial charge in [0, 0.05) is 0 Å². The summed E-state index contributed by atoms with van der Waals surface area (Å²) in [5.74, 6) is 0. The van der Waals surface area contributed by atoms with Crippen LogP contribution in [0, 0.1) is 19.9 Å². The Labute approximate surface area is 222 Å². The molecule has 2 heteroatoms. The molecule has 2 fully saturated rings. The third-order valence-electron chi connectivity index (χ3n) is 7.69. The third kappa shape index (κ3) is 7.20. The van der Waals surface area contributed by atoms with Gasteiger partial charge in [0.1, 0.15) is 0 Å². The Morgan fingerprint density at radius 3 is 1.65 bits per heavy atom. The maximum atomic E-state index is 2.99. The van der Waals surface area contributed by atoms with E-state index in [1.165, 1.54) is 56.6 Å². The second kappa shape index (κ2) is 13.3. The van der Waals surface area contributed by atoms with Crippen LogP contribution in [0.25, 0.3) is 21.5 Å². The predicted octanol–water partition coefficient (Wildman–Crippen LogP) is 9.83. The van der Waals surface area contributed by atoms with E-state index in [0.717, 1.165) is 6.42 Å². The second-order valence-corrected chi connectivity index (χ2v) is 17.3. The van der Waals surface area contributed by atoms with Crippen LogP contribution in [-0.4, -0.2) is 5.43 Å². The molecular formula is C32H40SiZr.